The molecule has 106 valence electrons. The lowest BCUT2D eigenvalue weighted by molar-refractivity contribution is 0.200. The number of halogens is 1. The number of benzene rings is 1. The van der Waals surface area contributed by atoms with Crippen LogP contribution in [-0.2, 0) is 6.42 Å². The molecule has 1 saturated carbocycles. The molecule has 0 spiro atoms. The van der Waals surface area contributed by atoms with Gasteiger partial charge >= 0.3 is 0 Å². The van der Waals surface area contributed by atoms with Gasteiger partial charge in [0.25, 0.3) is 0 Å². The third-order valence-corrected chi connectivity index (χ3v) is 3.88. The number of aliphatic hydroxyl groups is 1. The second-order valence-electron chi connectivity index (χ2n) is 4.95. The standard InChI is InChI=1S/C15H21ClO3/c1-18-14-9-11(5-4-8-17)13(16)10-15(14)19-12-6-2-3-7-12/h9-10,12,17H,2-8H2,1H3. The van der Waals surface area contributed by atoms with E-state index in [9.17, 15) is 0 Å². The number of hydrogen-bond acceptors (Lipinski definition) is 3. The van der Waals surface area contributed by atoms with Crippen molar-refractivity contribution in [3.05, 3.63) is 22.7 Å². The quantitative estimate of drug-likeness (QED) is 0.867. The highest BCUT2D eigenvalue weighted by molar-refractivity contribution is 6.31. The molecule has 1 N–H and O–H groups in total. The zero-order valence-corrected chi connectivity index (χ0v) is 12.1. The van der Waals surface area contributed by atoms with Gasteiger partial charge in [-0.15, -0.1) is 0 Å². The summed E-state index contributed by atoms with van der Waals surface area (Å²) in [7, 11) is 1.64. The summed E-state index contributed by atoms with van der Waals surface area (Å²) in [6.07, 6.45) is 6.40. The van der Waals surface area contributed by atoms with E-state index in [1.54, 1.807) is 7.11 Å². The van der Waals surface area contributed by atoms with Gasteiger partial charge in [0.05, 0.1) is 13.2 Å². The molecule has 2 rings (SSSR count). The van der Waals surface area contributed by atoms with Crippen molar-refractivity contribution in [2.24, 2.45) is 0 Å². The molecule has 0 aliphatic heterocycles. The molecular formula is C15H21ClO3. The van der Waals surface area contributed by atoms with Crippen LogP contribution in [0.4, 0.5) is 0 Å². The molecule has 1 aliphatic rings. The van der Waals surface area contributed by atoms with Gasteiger partial charge in [-0.25, -0.2) is 0 Å². The Morgan fingerprint density at radius 3 is 2.63 bits per heavy atom. The number of rotatable bonds is 6. The highest BCUT2D eigenvalue weighted by Crippen LogP contribution is 2.36. The van der Waals surface area contributed by atoms with Crippen molar-refractivity contribution in [2.75, 3.05) is 13.7 Å². The maximum Gasteiger partial charge on any atom is 0.163 e. The van der Waals surface area contributed by atoms with Crippen molar-refractivity contribution in [2.45, 2.75) is 44.6 Å². The molecule has 0 saturated heterocycles. The van der Waals surface area contributed by atoms with Gasteiger partial charge in [0.1, 0.15) is 0 Å². The van der Waals surface area contributed by atoms with Crippen molar-refractivity contribution < 1.29 is 14.6 Å². The van der Waals surface area contributed by atoms with Crippen molar-refractivity contribution in [1.29, 1.82) is 0 Å². The van der Waals surface area contributed by atoms with Gasteiger partial charge in [-0.1, -0.05) is 11.6 Å². The summed E-state index contributed by atoms with van der Waals surface area (Å²) < 4.78 is 11.4. The van der Waals surface area contributed by atoms with Crippen LogP contribution in [0.25, 0.3) is 0 Å². The molecular weight excluding hydrogens is 264 g/mol. The maximum atomic E-state index is 8.89. The number of aliphatic hydroxyl groups excluding tert-OH is 1. The van der Waals surface area contributed by atoms with E-state index in [1.165, 1.54) is 12.8 Å². The van der Waals surface area contributed by atoms with E-state index >= 15 is 0 Å². The topological polar surface area (TPSA) is 38.7 Å². The fraction of sp³-hybridized carbons (Fsp3) is 0.600. The lowest BCUT2D eigenvalue weighted by Crippen LogP contribution is -2.11. The first kappa shape index (κ1) is 14.5. The molecule has 0 amide bonds. The Balaban J connectivity index is 2.15. The molecule has 19 heavy (non-hydrogen) atoms. The minimum Gasteiger partial charge on any atom is -0.493 e. The molecule has 1 aliphatic carbocycles. The van der Waals surface area contributed by atoms with Crippen LogP contribution in [-0.4, -0.2) is 24.9 Å². The van der Waals surface area contributed by atoms with Gasteiger partial charge < -0.3 is 14.6 Å². The van der Waals surface area contributed by atoms with Crippen molar-refractivity contribution in [3.8, 4) is 11.5 Å². The first-order valence-corrected chi connectivity index (χ1v) is 7.26. The summed E-state index contributed by atoms with van der Waals surface area (Å²) in [4.78, 5) is 0. The molecule has 0 radical (unpaired) electrons. The van der Waals surface area contributed by atoms with E-state index in [4.69, 9.17) is 26.2 Å². The average Bonchev–Trinajstić information content (AvgIpc) is 2.91. The van der Waals surface area contributed by atoms with E-state index in [-0.39, 0.29) is 12.7 Å². The van der Waals surface area contributed by atoms with E-state index in [0.29, 0.717) is 11.4 Å². The SMILES string of the molecule is COc1cc(CCCO)c(Cl)cc1OC1CCCC1. The highest BCUT2D eigenvalue weighted by atomic mass is 35.5. The first-order valence-electron chi connectivity index (χ1n) is 6.88. The lowest BCUT2D eigenvalue weighted by Gasteiger charge is -2.17. The van der Waals surface area contributed by atoms with Crippen molar-refractivity contribution in [1.82, 2.24) is 0 Å². The maximum absolute atomic E-state index is 8.89. The summed E-state index contributed by atoms with van der Waals surface area (Å²) in [5, 5.41) is 9.57. The normalized spacial score (nSPS) is 15.7. The molecule has 1 fully saturated rings. The number of hydrogen-bond donors (Lipinski definition) is 1. The van der Waals surface area contributed by atoms with Gasteiger partial charge in [-0.3, -0.25) is 0 Å². The first-order chi connectivity index (χ1) is 9.24. The van der Waals surface area contributed by atoms with Crippen LogP contribution in [0.1, 0.15) is 37.7 Å². The number of aryl methyl sites for hydroxylation is 1. The predicted molar refractivity (Wildman–Crippen MR) is 76.3 cm³/mol. The molecule has 0 atom stereocenters. The van der Waals surface area contributed by atoms with Crippen LogP contribution in [0.2, 0.25) is 5.02 Å². The van der Waals surface area contributed by atoms with E-state index in [2.05, 4.69) is 0 Å². The van der Waals surface area contributed by atoms with Crippen molar-refractivity contribution in [3.63, 3.8) is 0 Å². The zero-order chi connectivity index (χ0) is 13.7. The third kappa shape index (κ3) is 3.77. The second kappa shape index (κ2) is 7.01. The summed E-state index contributed by atoms with van der Waals surface area (Å²) in [5.41, 5.74) is 0.992. The Hall–Kier alpha value is -0.930. The molecule has 4 heteroatoms. The van der Waals surface area contributed by atoms with Crippen LogP contribution in [0.5, 0.6) is 11.5 Å². The Morgan fingerprint density at radius 1 is 1.26 bits per heavy atom. The van der Waals surface area contributed by atoms with E-state index < -0.39 is 0 Å². The van der Waals surface area contributed by atoms with Crippen LogP contribution >= 0.6 is 11.6 Å². The largest absolute Gasteiger partial charge is 0.493 e. The van der Waals surface area contributed by atoms with E-state index in [1.807, 2.05) is 12.1 Å². The van der Waals surface area contributed by atoms with Gasteiger partial charge in [0.2, 0.25) is 0 Å². The second-order valence-corrected chi connectivity index (χ2v) is 5.35. The average molecular weight is 285 g/mol. The Kier molecular flexibility index (Phi) is 5.34. The predicted octanol–water partition coefficient (Wildman–Crippen LogP) is 3.59. The number of ether oxygens (including phenoxy) is 2. The molecule has 0 bridgehead atoms. The van der Waals surface area contributed by atoms with Gasteiger partial charge in [0.15, 0.2) is 11.5 Å². The minimum atomic E-state index is 0.166. The fourth-order valence-electron chi connectivity index (χ4n) is 2.48. The summed E-state index contributed by atoms with van der Waals surface area (Å²) in [5.74, 6) is 1.45. The van der Waals surface area contributed by atoms with Crippen LogP contribution < -0.4 is 9.47 Å². The van der Waals surface area contributed by atoms with Crippen LogP contribution in [0.3, 0.4) is 0 Å². The molecule has 3 nitrogen and oxygen atoms in total. The number of methoxy groups -OCH3 is 1. The third-order valence-electron chi connectivity index (χ3n) is 3.53. The van der Waals surface area contributed by atoms with Crippen LogP contribution in [0, 0.1) is 0 Å². The van der Waals surface area contributed by atoms with Gasteiger partial charge in [-0.2, -0.15) is 0 Å². The minimum absolute atomic E-state index is 0.166. The fourth-order valence-corrected chi connectivity index (χ4v) is 2.72. The Bertz CT molecular complexity index is 414. The Labute approximate surface area is 119 Å². The van der Waals surface area contributed by atoms with E-state index in [0.717, 1.165) is 36.3 Å². The monoisotopic (exact) mass is 284 g/mol. The summed E-state index contributed by atoms with van der Waals surface area (Å²) in [6, 6.07) is 3.76. The summed E-state index contributed by atoms with van der Waals surface area (Å²) in [6.45, 7) is 0.166. The summed E-state index contributed by atoms with van der Waals surface area (Å²) >= 11 is 6.26. The highest BCUT2D eigenvalue weighted by Gasteiger charge is 2.19. The van der Waals surface area contributed by atoms with Crippen LogP contribution in [0.15, 0.2) is 12.1 Å². The zero-order valence-electron chi connectivity index (χ0n) is 11.3. The molecule has 0 unspecified atom stereocenters. The van der Waals surface area contributed by atoms with Gasteiger partial charge in [-0.05, 0) is 50.2 Å². The smallest absolute Gasteiger partial charge is 0.163 e. The molecule has 1 aromatic rings. The van der Waals surface area contributed by atoms with Gasteiger partial charge in [0, 0.05) is 17.7 Å². The molecule has 1 aromatic carbocycles. The lowest BCUT2D eigenvalue weighted by atomic mass is 10.1. The Morgan fingerprint density at radius 2 is 2.00 bits per heavy atom. The van der Waals surface area contributed by atoms with Crippen molar-refractivity contribution >= 4 is 11.6 Å². The molecule has 0 heterocycles. The molecule has 0 aromatic heterocycles.